The molecule has 6 heteroatoms. The van der Waals surface area contributed by atoms with Crippen molar-refractivity contribution < 1.29 is 24.2 Å². The zero-order valence-electron chi connectivity index (χ0n) is 13.9. The molecule has 0 heterocycles. The van der Waals surface area contributed by atoms with Crippen LogP contribution < -0.4 is 10.1 Å². The molecule has 2 N–H and O–H groups in total. The molecule has 1 aliphatic rings. The van der Waals surface area contributed by atoms with Gasteiger partial charge in [0.2, 0.25) is 0 Å². The fourth-order valence-electron chi connectivity index (χ4n) is 3.05. The highest BCUT2D eigenvalue weighted by atomic mass is 16.5. The second kappa shape index (κ2) is 6.20. The third kappa shape index (κ3) is 2.79. The molecule has 1 aromatic carbocycles. The van der Waals surface area contributed by atoms with Gasteiger partial charge in [-0.05, 0) is 31.2 Å². The Morgan fingerprint density at radius 1 is 1.30 bits per heavy atom. The van der Waals surface area contributed by atoms with Crippen molar-refractivity contribution in [2.75, 3.05) is 13.7 Å². The van der Waals surface area contributed by atoms with Crippen LogP contribution >= 0.6 is 0 Å². The normalized spacial score (nSPS) is 25.3. The van der Waals surface area contributed by atoms with E-state index in [1.807, 2.05) is 6.92 Å². The minimum absolute atomic E-state index is 0.195. The van der Waals surface area contributed by atoms with Crippen LogP contribution in [0.25, 0.3) is 0 Å². The van der Waals surface area contributed by atoms with Gasteiger partial charge in [-0.1, -0.05) is 13.8 Å². The maximum Gasteiger partial charge on any atom is 0.330 e. The Morgan fingerprint density at radius 2 is 1.91 bits per heavy atom. The summed E-state index contributed by atoms with van der Waals surface area (Å²) in [5.74, 6) is -0.826. The quantitative estimate of drug-likeness (QED) is 0.838. The molecule has 0 saturated heterocycles. The molecule has 1 saturated carbocycles. The van der Waals surface area contributed by atoms with Gasteiger partial charge < -0.3 is 19.9 Å². The Labute approximate surface area is 135 Å². The Balaban J connectivity index is 2.20. The summed E-state index contributed by atoms with van der Waals surface area (Å²) in [4.78, 5) is 24.3. The molecule has 2 atom stereocenters. The molecule has 0 aromatic heterocycles. The van der Waals surface area contributed by atoms with E-state index in [4.69, 9.17) is 9.47 Å². The van der Waals surface area contributed by atoms with Crippen LogP contribution in [0.5, 0.6) is 5.75 Å². The highest BCUT2D eigenvalue weighted by Gasteiger charge is 2.66. The number of rotatable bonds is 6. The molecule has 0 spiro atoms. The maximum absolute atomic E-state index is 12.5. The molecule has 0 aliphatic heterocycles. The minimum atomic E-state index is -1.33. The standard InChI is InChI=1S/C17H23NO5/c1-5-23-13-10-17(15(20)21,16(13,2)3)18-14(19)11-6-8-12(22-4)9-7-11/h6-9,13H,5,10H2,1-4H3,(H,18,19)(H,20,21)/t13-,17+/m1/s1. The largest absolute Gasteiger partial charge is 0.497 e. The van der Waals surface area contributed by atoms with Crippen molar-refractivity contribution in [1.29, 1.82) is 0 Å². The third-order valence-electron chi connectivity index (χ3n) is 4.81. The van der Waals surface area contributed by atoms with Gasteiger partial charge in [-0.2, -0.15) is 0 Å². The van der Waals surface area contributed by atoms with E-state index in [0.29, 0.717) is 17.9 Å². The first-order valence-corrected chi connectivity index (χ1v) is 7.60. The third-order valence-corrected chi connectivity index (χ3v) is 4.81. The first-order chi connectivity index (χ1) is 10.8. The number of benzene rings is 1. The predicted molar refractivity (Wildman–Crippen MR) is 84.6 cm³/mol. The number of carbonyl (C=O) groups excluding carboxylic acids is 1. The van der Waals surface area contributed by atoms with Crippen molar-refractivity contribution in [1.82, 2.24) is 5.32 Å². The summed E-state index contributed by atoms with van der Waals surface area (Å²) in [5.41, 5.74) is -1.64. The first-order valence-electron chi connectivity index (χ1n) is 7.60. The van der Waals surface area contributed by atoms with Gasteiger partial charge in [0.15, 0.2) is 0 Å². The van der Waals surface area contributed by atoms with Crippen LogP contribution in [-0.4, -0.2) is 42.3 Å². The molecule has 23 heavy (non-hydrogen) atoms. The molecule has 0 radical (unpaired) electrons. The van der Waals surface area contributed by atoms with Crippen LogP contribution in [0, 0.1) is 5.41 Å². The van der Waals surface area contributed by atoms with E-state index in [2.05, 4.69) is 5.32 Å². The highest BCUT2D eigenvalue weighted by Crippen LogP contribution is 2.51. The van der Waals surface area contributed by atoms with Gasteiger partial charge in [-0.15, -0.1) is 0 Å². The monoisotopic (exact) mass is 321 g/mol. The SMILES string of the molecule is CCO[C@@H]1C[C@](NC(=O)c2ccc(OC)cc2)(C(=O)O)C1(C)C. The summed E-state index contributed by atoms with van der Waals surface area (Å²) in [6.07, 6.45) is 0.0604. The van der Waals surface area contributed by atoms with Crippen molar-refractivity contribution in [2.45, 2.75) is 38.8 Å². The lowest BCUT2D eigenvalue weighted by atomic mass is 9.54. The van der Waals surface area contributed by atoms with E-state index in [-0.39, 0.29) is 12.5 Å². The molecule has 1 amide bonds. The number of carboxylic acids is 1. The second-order valence-electron chi connectivity index (χ2n) is 6.26. The van der Waals surface area contributed by atoms with E-state index in [0.717, 1.165) is 0 Å². The molecule has 126 valence electrons. The second-order valence-corrected chi connectivity index (χ2v) is 6.26. The lowest BCUT2D eigenvalue weighted by Gasteiger charge is -2.58. The molecular formula is C17H23NO5. The maximum atomic E-state index is 12.5. The Bertz CT molecular complexity index is 596. The zero-order chi connectivity index (χ0) is 17.3. The number of hydrogen-bond acceptors (Lipinski definition) is 4. The number of aliphatic carboxylic acids is 1. The number of amides is 1. The molecule has 2 rings (SSSR count). The Morgan fingerprint density at radius 3 is 2.35 bits per heavy atom. The summed E-state index contributed by atoms with van der Waals surface area (Å²) < 4.78 is 10.6. The number of nitrogens with one attached hydrogen (secondary N) is 1. The summed E-state index contributed by atoms with van der Waals surface area (Å²) >= 11 is 0. The van der Waals surface area contributed by atoms with Gasteiger partial charge in [0, 0.05) is 24.0 Å². The molecular weight excluding hydrogens is 298 g/mol. The topological polar surface area (TPSA) is 84.9 Å². The average Bonchev–Trinajstić information content (AvgIpc) is 2.53. The lowest BCUT2D eigenvalue weighted by molar-refractivity contribution is -0.190. The van der Waals surface area contributed by atoms with Crippen molar-refractivity contribution in [3.05, 3.63) is 29.8 Å². The van der Waals surface area contributed by atoms with Crippen LogP contribution in [-0.2, 0) is 9.53 Å². The number of hydrogen-bond donors (Lipinski definition) is 2. The molecule has 1 aliphatic carbocycles. The Kier molecular flexibility index (Phi) is 4.66. The number of ether oxygens (including phenoxy) is 2. The first kappa shape index (κ1) is 17.3. The van der Waals surface area contributed by atoms with Crippen molar-refractivity contribution >= 4 is 11.9 Å². The fraction of sp³-hybridized carbons (Fsp3) is 0.529. The van der Waals surface area contributed by atoms with Gasteiger partial charge in [-0.25, -0.2) is 4.79 Å². The predicted octanol–water partition coefficient (Wildman–Crippen LogP) is 2.08. The van der Waals surface area contributed by atoms with Gasteiger partial charge >= 0.3 is 5.97 Å². The van der Waals surface area contributed by atoms with Crippen LogP contribution in [0.15, 0.2) is 24.3 Å². The van der Waals surface area contributed by atoms with Crippen LogP contribution in [0.3, 0.4) is 0 Å². The van der Waals surface area contributed by atoms with E-state index < -0.39 is 22.8 Å². The highest BCUT2D eigenvalue weighted by molar-refractivity contribution is 5.98. The van der Waals surface area contributed by atoms with Gasteiger partial charge in [0.05, 0.1) is 13.2 Å². The Hall–Kier alpha value is -2.08. The zero-order valence-corrected chi connectivity index (χ0v) is 13.9. The fourth-order valence-corrected chi connectivity index (χ4v) is 3.05. The molecule has 1 fully saturated rings. The minimum Gasteiger partial charge on any atom is -0.497 e. The van der Waals surface area contributed by atoms with Gasteiger partial charge in [-0.3, -0.25) is 4.79 Å². The van der Waals surface area contributed by atoms with Crippen LogP contribution in [0.1, 0.15) is 37.6 Å². The summed E-state index contributed by atoms with van der Waals surface area (Å²) in [6.45, 7) is 5.99. The van der Waals surface area contributed by atoms with Crippen LogP contribution in [0.4, 0.5) is 0 Å². The molecule has 0 bridgehead atoms. The number of methoxy groups -OCH3 is 1. The average molecular weight is 321 g/mol. The van der Waals surface area contributed by atoms with E-state index >= 15 is 0 Å². The summed E-state index contributed by atoms with van der Waals surface area (Å²) in [5, 5.41) is 12.4. The van der Waals surface area contributed by atoms with E-state index in [1.165, 1.54) is 0 Å². The lowest BCUT2D eigenvalue weighted by Crippen LogP contribution is -2.76. The van der Waals surface area contributed by atoms with Gasteiger partial charge in [0.25, 0.3) is 5.91 Å². The molecule has 6 nitrogen and oxygen atoms in total. The smallest absolute Gasteiger partial charge is 0.330 e. The van der Waals surface area contributed by atoms with Crippen molar-refractivity contribution in [3.63, 3.8) is 0 Å². The number of carboxylic acid groups (broad SMARTS) is 1. The molecule has 1 aromatic rings. The van der Waals surface area contributed by atoms with Crippen LogP contribution in [0.2, 0.25) is 0 Å². The van der Waals surface area contributed by atoms with E-state index in [1.54, 1.807) is 45.2 Å². The summed E-state index contributed by atoms with van der Waals surface area (Å²) in [6, 6.07) is 6.54. The number of carbonyl (C=O) groups is 2. The molecule has 0 unspecified atom stereocenters. The van der Waals surface area contributed by atoms with E-state index in [9.17, 15) is 14.7 Å². The van der Waals surface area contributed by atoms with Gasteiger partial charge in [0.1, 0.15) is 11.3 Å². The summed E-state index contributed by atoms with van der Waals surface area (Å²) in [7, 11) is 1.54. The van der Waals surface area contributed by atoms with Crippen molar-refractivity contribution in [3.8, 4) is 5.75 Å². The van der Waals surface area contributed by atoms with Crippen molar-refractivity contribution in [2.24, 2.45) is 5.41 Å².